The lowest BCUT2D eigenvalue weighted by Crippen LogP contribution is -2.49. The summed E-state index contributed by atoms with van der Waals surface area (Å²) in [7, 11) is 0. The standard InChI is InChI=1S/C23H26ClN3O3/c1-16(28)18-5-9-21(10-6-18)26-11-13-27(14-12-26)23(30)15-22(25-17(2)29)19-3-7-20(24)8-4-19/h3-10,22H,11-15H2,1-2H3,(H,25,29). The van der Waals surface area contributed by atoms with Gasteiger partial charge in [-0.25, -0.2) is 0 Å². The number of nitrogens with one attached hydrogen (secondary N) is 1. The molecule has 2 aromatic rings. The molecule has 30 heavy (non-hydrogen) atoms. The van der Waals surface area contributed by atoms with Crippen molar-refractivity contribution >= 4 is 34.9 Å². The van der Waals surface area contributed by atoms with Crippen LogP contribution < -0.4 is 10.2 Å². The summed E-state index contributed by atoms with van der Waals surface area (Å²) in [5.74, 6) is -0.122. The number of amides is 2. The van der Waals surface area contributed by atoms with Crippen LogP contribution in [0.15, 0.2) is 48.5 Å². The first-order valence-electron chi connectivity index (χ1n) is 10.00. The van der Waals surface area contributed by atoms with Crippen molar-refractivity contribution < 1.29 is 14.4 Å². The minimum absolute atomic E-state index is 0.00952. The van der Waals surface area contributed by atoms with Crippen LogP contribution in [0.4, 0.5) is 5.69 Å². The Morgan fingerprint density at radius 3 is 2.07 bits per heavy atom. The summed E-state index contributed by atoms with van der Waals surface area (Å²) in [6.07, 6.45) is 0.203. The zero-order valence-corrected chi connectivity index (χ0v) is 18.0. The van der Waals surface area contributed by atoms with Gasteiger partial charge in [0.15, 0.2) is 5.78 Å². The third-order valence-corrected chi connectivity index (χ3v) is 5.55. The van der Waals surface area contributed by atoms with E-state index in [0.717, 1.165) is 24.3 Å². The van der Waals surface area contributed by atoms with Gasteiger partial charge < -0.3 is 15.1 Å². The molecule has 1 heterocycles. The normalized spacial score (nSPS) is 14.9. The Morgan fingerprint density at radius 2 is 1.53 bits per heavy atom. The van der Waals surface area contributed by atoms with E-state index in [0.29, 0.717) is 23.7 Å². The summed E-state index contributed by atoms with van der Waals surface area (Å²) >= 11 is 5.95. The van der Waals surface area contributed by atoms with Crippen LogP contribution in [0.2, 0.25) is 5.02 Å². The second-order valence-electron chi connectivity index (χ2n) is 7.48. The Labute approximate surface area is 181 Å². The highest BCUT2D eigenvalue weighted by atomic mass is 35.5. The summed E-state index contributed by atoms with van der Waals surface area (Å²) in [5, 5.41) is 3.48. The van der Waals surface area contributed by atoms with Crippen LogP contribution in [0.25, 0.3) is 0 Å². The lowest BCUT2D eigenvalue weighted by molar-refractivity contribution is -0.132. The Balaban J connectivity index is 1.59. The molecule has 1 N–H and O–H groups in total. The second-order valence-corrected chi connectivity index (χ2v) is 7.92. The van der Waals surface area contributed by atoms with Crippen molar-refractivity contribution in [2.45, 2.75) is 26.3 Å². The molecule has 2 amide bonds. The Morgan fingerprint density at radius 1 is 0.933 bits per heavy atom. The predicted octanol–water partition coefficient (Wildman–Crippen LogP) is 3.46. The van der Waals surface area contributed by atoms with Crippen molar-refractivity contribution in [2.75, 3.05) is 31.1 Å². The van der Waals surface area contributed by atoms with Gasteiger partial charge in [0, 0.05) is 49.4 Å². The molecule has 158 valence electrons. The van der Waals surface area contributed by atoms with Crippen LogP contribution in [0, 0.1) is 0 Å². The Hall–Kier alpha value is -2.86. The second kappa shape index (κ2) is 9.76. The van der Waals surface area contributed by atoms with E-state index in [9.17, 15) is 14.4 Å². The molecule has 0 saturated carbocycles. The molecule has 0 aromatic heterocycles. The van der Waals surface area contributed by atoms with E-state index < -0.39 is 0 Å². The van der Waals surface area contributed by atoms with Gasteiger partial charge in [0.25, 0.3) is 0 Å². The van der Waals surface area contributed by atoms with Gasteiger partial charge >= 0.3 is 0 Å². The maximum Gasteiger partial charge on any atom is 0.225 e. The summed E-state index contributed by atoms with van der Waals surface area (Å²) in [6, 6.07) is 14.3. The average molecular weight is 428 g/mol. The summed E-state index contributed by atoms with van der Waals surface area (Å²) in [5.41, 5.74) is 2.59. The van der Waals surface area contributed by atoms with Crippen LogP contribution in [0.5, 0.6) is 0 Å². The minimum Gasteiger partial charge on any atom is -0.368 e. The number of carbonyl (C=O) groups is 3. The number of anilines is 1. The topological polar surface area (TPSA) is 69.7 Å². The largest absolute Gasteiger partial charge is 0.368 e. The van der Waals surface area contributed by atoms with Crippen molar-refractivity contribution in [2.24, 2.45) is 0 Å². The van der Waals surface area contributed by atoms with Crippen molar-refractivity contribution in [1.82, 2.24) is 10.2 Å². The quantitative estimate of drug-likeness (QED) is 0.717. The van der Waals surface area contributed by atoms with E-state index in [4.69, 9.17) is 11.6 Å². The van der Waals surface area contributed by atoms with E-state index >= 15 is 0 Å². The molecule has 1 fully saturated rings. The molecule has 1 aliphatic rings. The maximum atomic E-state index is 12.9. The van der Waals surface area contributed by atoms with Crippen molar-refractivity contribution in [3.05, 3.63) is 64.7 Å². The van der Waals surface area contributed by atoms with E-state index in [1.165, 1.54) is 6.92 Å². The lowest BCUT2D eigenvalue weighted by Gasteiger charge is -2.36. The fourth-order valence-corrected chi connectivity index (χ4v) is 3.74. The number of hydrogen-bond donors (Lipinski definition) is 1. The number of carbonyl (C=O) groups excluding carboxylic acids is 3. The van der Waals surface area contributed by atoms with Crippen LogP contribution in [-0.2, 0) is 9.59 Å². The van der Waals surface area contributed by atoms with Crippen LogP contribution >= 0.6 is 11.6 Å². The molecule has 6 nitrogen and oxygen atoms in total. The third-order valence-electron chi connectivity index (χ3n) is 5.30. The summed E-state index contributed by atoms with van der Waals surface area (Å²) < 4.78 is 0. The molecule has 0 spiro atoms. The van der Waals surface area contributed by atoms with Gasteiger partial charge in [0.05, 0.1) is 12.5 Å². The number of benzene rings is 2. The molecule has 0 aliphatic carbocycles. The minimum atomic E-state index is -0.385. The first-order chi connectivity index (χ1) is 14.3. The van der Waals surface area contributed by atoms with E-state index in [2.05, 4.69) is 10.2 Å². The molecule has 1 aliphatic heterocycles. The van der Waals surface area contributed by atoms with Crippen molar-refractivity contribution in [3.8, 4) is 0 Å². The maximum absolute atomic E-state index is 12.9. The molecular weight excluding hydrogens is 402 g/mol. The highest BCUT2D eigenvalue weighted by molar-refractivity contribution is 6.30. The summed E-state index contributed by atoms with van der Waals surface area (Å²) in [4.78, 5) is 40.0. The number of hydrogen-bond acceptors (Lipinski definition) is 4. The van der Waals surface area contributed by atoms with Gasteiger partial charge in [-0.3, -0.25) is 14.4 Å². The van der Waals surface area contributed by atoms with E-state index in [-0.39, 0.29) is 30.1 Å². The van der Waals surface area contributed by atoms with E-state index in [1.54, 1.807) is 19.1 Å². The van der Waals surface area contributed by atoms with E-state index in [1.807, 2.05) is 41.3 Å². The van der Waals surface area contributed by atoms with Gasteiger partial charge in [-0.05, 0) is 48.9 Å². The first-order valence-corrected chi connectivity index (χ1v) is 10.4. The fraction of sp³-hybridized carbons (Fsp3) is 0.348. The average Bonchev–Trinajstić information content (AvgIpc) is 2.73. The SMILES string of the molecule is CC(=O)NC(CC(=O)N1CCN(c2ccc(C(C)=O)cc2)CC1)c1ccc(Cl)cc1. The van der Waals surface area contributed by atoms with Crippen LogP contribution in [-0.4, -0.2) is 48.7 Å². The molecular formula is C23H26ClN3O3. The number of halogens is 1. The molecule has 1 saturated heterocycles. The number of rotatable bonds is 6. The zero-order valence-electron chi connectivity index (χ0n) is 17.2. The third kappa shape index (κ3) is 5.60. The highest BCUT2D eigenvalue weighted by Crippen LogP contribution is 2.22. The monoisotopic (exact) mass is 427 g/mol. The molecule has 2 aromatic carbocycles. The van der Waals surface area contributed by atoms with Crippen molar-refractivity contribution in [3.63, 3.8) is 0 Å². The molecule has 7 heteroatoms. The van der Waals surface area contributed by atoms with Gasteiger partial charge in [0.1, 0.15) is 0 Å². The van der Waals surface area contributed by atoms with Gasteiger partial charge in [-0.1, -0.05) is 23.7 Å². The first kappa shape index (κ1) is 21.8. The number of ketones is 1. The van der Waals surface area contributed by atoms with Crippen LogP contribution in [0.3, 0.4) is 0 Å². The molecule has 1 atom stereocenters. The lowest BCUT2D eigenvalue weighted by atomic mass is 10.0. The Kier molecular flexibility index (Phi) is 7.11. The number of piperazine rings is 1. The fourth-order valence-electron chi connectivity index (χ4n) is 3.62. The van der Waals surface area contributed by atoms with Gasteiger partial charge in [-0.2, -0.15) is 0 Å². The number of nitrogens with zero attached hydrogens (tertiary/aromatic N) is 2. The molecule has 1 unspecified atom stereocenters. The van der Waals surface area contributed by atoms with Gasteiger partial charge in [-0.15, -0.1) is 0 Å². The number of Topliss-reactive ketones (excluding diaryl/α,β-unsaturated/α-hetero) is 1. The predicted molar refractivity (Wildman–Crippen MR) is 118 cm³/mol. The summed E-state index contributed by atoms with van der Waals surface area (Å²) in [6.45, 7) is 5.66. The van der Waals surface area contributed by atoms with Crippen LogP contribution in [0.1, 0.15) is 42.2 Å². The molecule has 0 radical (unpaired) electrons. The Bertz CT molecular complexity index is 904. The molecule has 3 rings (SSSR count). The smallest absolute Gasteiger partial charge is 0.225 e. The molecule has 0 bridgehead atoms. The zero-order chi connectivity index (χ0) is 21.7. The van der Waals surface area contributed by atoms with Gasteiger partial charge in [0.2, 0.25) is 11.8 Å². The highest BCUT2D eigenvalue weighted by Gasteiger charge is 2.25. The van der Waals surface area contributed by atoms with Crippen molar-refractivity contribution in [1.29, 1.82) is 0 Å².